The number of hydrogen-bond acceptors (Lipinski definition) is 1. The van der Waals surface area contributed by atoms with Crippen LogP contribution in [0.5, 0.6) is 0 Å². The van der Waals surface area contributed by atoms with Crippen molar-refractivity contribution in [2.45, 2.75) is 12.5 Å². The minimum atomic E-state index is -2.46. The first-order valence-corrected chi connectivity index (χ1v) is 4.26. The third kappa shape index (κ3) is 3.15. The van der Waals surface area contributed by atoms with Gasteiger partial charge in [-0.2, -0.15) is 0 Å². The van der Waals surface area contributed by atoms with Gasteiger partial charge in [-0.25, -0.2) is 8.78 Å². The molecule has 0 fully saturated rings. The zero-order valence-electron chi connectivity index (χ0n) is 7.80. The highest BCUT2D eigenvalue weighted by Crippen LogP contribution is 2.00. The Hall–Kier alpha value is -1.40. The fourth-order valence-electron chi connectivity index (χ4n) is 0.944. The molecule has 0 bridgehead atoms. The van der Waals surface area contributed by atoms with E-state index in [2.05, 4.69) is 17.2 Å². The maximum atomic E-state index is 12.2. The lowest BCUT2D eigenvalue weighted by Gasteiger charge is -2.06. The molecule has 1 aromatic rings. The van der Waals surface area contributed by atoms with Gasteiger partial charge in [0.15, 0.2) is 0 Å². The van der Waals surface area contributed by atoms with Gasteiger partial charge < -0.3 is 5.32 Å². The lowest BCUT2D eigenvalue weighted by molar-refractivity contribution is 0.125. The Labute approximate surface area is 82.1 Å². The van der Waals surface area contributed by atoms with Crippen molar-refractivity contribution >= 4 is 0 Å². The number of nitrogens with one attached hydrogen (secondary N) is 1. The molecule has 1 rings (SSSR count). The monoisotopic (exact) mass is 195 g/mol. The van der Waals surface area contributed by atoms with Crippen LogP contribution >= 0.6 is 0 Å². The molecular weight excluding hydrogens is 184 g/mol. The van der Waals surface area contributed by atoms with Gasteiger partial charge >= 0.3 is 0 Å². The second kappa shape index (κ2) is 5.36. The minimum Gasteiger partial charge on any atom is -0.302 e. The molecule has 0 aromatic heterocycles. The average molecular weight is 195 g/mol. The lowest BCUT2D eigenvalue weighted by Crippen LogP contribution is -2.30. The highest BCUT2D eigenvalue weighted by Gasteiger charge is 2.14. The molecule has 1 aromatic carbocycles. The first-order valence-electron chi connectivity index (χ1n) is 4.26. The topological polar surface area (TPSA) is 12.0 Å². The summed E-state index contributed by atoms with van der Waals surface area (Å²) >= 11 is 0. The van der Waals surface area contributed by atoms with Gasteiger partial charge in [0, 0.05) is 5.56 Å². The van der Waals surface area contributed by atoms with Crippen molar-refractivity contribution in [3.63, 3.8) is 0 Å². The fraction of sp³-hybridized carbons (Fsp3) is 0.273. The summed E-state index contributed by atoms with van der Waals surface area (Å²) < 4.78 is 24.5. The molecular formula is C11H11F2N. The van der Waals surface area contributed by atoms with Gasteiger partial charge in [0.1, 0.15) is 6.04 Å². The zero-order valence-corrected chi connectivity index (χ0v) is 7.80. The van der Waals surface area contributed by atoms with E-state index in [-0.39, 0.29) is 0 Å². The summed E-state index contributed by atoms with van der Waals surface area (Å²) in [7, 11) is 1.47. The predicted molar refractivity (Wildman–Crippen MR) is 52.2 cm³/mol. The largest absolute Gasteiger partial charge is 0.302 e. The predicted octanol–water partition coefficient (Wildman–Crippen LogP) is 1.89. The number of hydrogen-bond donors (Lipinski definition) is 1. The van der Waals surface area contributed by atoms with E-state index in [1.165, 1.54) is 7.05 Å². The van der Waals surface area contributed by atoms with Gasteiger partial charge in [-0.3, -0.25) is 0 Å². The SMILES string of the molecule is CNC(C#Cc1ccccc1)C(F)F. The molecule has 0 aliphatic rings. The van der Waals surface area contributed by atoms with Crippen LogP contribution in [0, 0.1) is 11.8 Å². The van der Waals surface area contributed by atoms with Crippen LogP contribution in [0.4, 0.5) is 8.78 Å². The number of benzene rings is 1. The second-order valence-corrected chi connectivity index (χ2v) is 2.74. The van der Waals surface area contributed by atoms with Crippen LogP contribution in [0.2, 0.25) is 0 Å². The summed E-state index contributed by atoms with van der Waals surface area (Å²) in [5.74, 6) is 5.16. The first kappa shape index (κ1) is 10.7. The van der Waals surface area contributed by atoms with Crippen LogP contribution in [-0.4, -0.2) is 19.5 Å². The van der Waals surface area contributed by atoms with Gasteiger partial charge in [0.05, 0.1) is 0 Å². The van der Waals surface area contributed by atoms with E-state index >= 15 is 0 Å². The van der Waals surface area contributed by atoms with Gasteiger partial charge in [-0.1, -0.05) is 30.0 Å². The highest BCUT2D eigenvalue weighted by atomic mass is 19.3. The lowest BCUT2D eigenvalue weighted by atomic mass is 10.2. The van der Waals surface area contributed by atoms with E-state index in [1.807, 2.05) is 18.2 Å². The molecule has 1 atom stereocenters. The summed E-state index contributed by atoms with van der Waals surface area (Å²) in [5.41, 5.74) is 0.744. The molecule has 1 N–H and O–H groups in total. The normalized spacial score (nSPS) is 12.0. The van der Waals surface area contributed by atoms with Crippen molar-refractivity contribution in [3.8, 4) is 11.8 Å². The Morgan fingerprint density at radius 1 is 1.21 bits per heavy atom. The number of alkyl halides is 2. The summed E-state index contributed by atoms with van der Waals surface area (Å²) in [6, 6.07) is 8.00. The Morgan fingerprint density at radius 3 is 2.36 bits per heavy atom. The summed E-state index contributed by atoms with van der Waals surface area (Å²) in [6.45, 7) is 0. The third-order valence-electron chi connectivity index (χ3n) is 1.71. The summed E-state index contributed by atoms with van der Waals surface area (Å²) in [4.78, 5) is 0. The van der Waals surface area contributed by atoms with E-state index in [0.29, 0.717) is 0 Å². The van der Waals surface area contributed by atoms with Crippen molar-refractivity contribution in [1.29, 1.82) is 0 Å². The Balaban J connectivity index is 2.71. The van der Waals surface area contributed by atoms with E-state index in [0.717, 1.165) is 5.56 Å². The van der Waals surface area contributed by atoms with Crippen molar-refractivity contribution in [2.24, 2.45) is 0 Å². The van der Waals surface area contributed by atoms with Gasteiger partial charge in [0.25, 0.3) is 6.43 Å². The van der Waals surface area contributed by atoms with Gasteiger partial charge in [0.2, 0.25) is 0 Å². The Bertz CT molecular complexity index is 324. The smallest absolute Gasteiger partial charge is 0.264 e. The van der Waals surface area contributed by atoms with E-state index in [4.69, 9.17) is 0 Å². The maximum absolute atomic E-state index is 12.2. The molecule has 0 spiro atoms. The molecule has 0 radical (unpaired) electrons. The van der Waals surface area contributed by atoms with Crippen LogP contribution in [0.25, 0.3) is 0 Å². The van der Waals surface area contributed by atoms with Crippen LogP contribution in [0.1, 0.15) is 5.56 Å². The van der Waals surface area contributed by atoms with Crippen LogP contribution in [0.15, 0.2) is 30.3 Å². The molecule has 0 amide bonds. The van der Waals surface area contributed by atoms with Crippen LogP contribution in [-0.2, 0) is 0 Å². The third-order valence-corrected chi connectivity index (χ3v) is 1.71. The second-order valence-electron chi connectivity index (χ2n) is 2.74. The highest BCUT2D eigenvalue weighted by molar-refractivity contribution is 5.34. The molecule has 0 saturated carbocycles. The van der Waals surface area contributed by atoms with E-state index in [1.54, 1.807) is 12.1 Å². The van der Waals surface area contributed by atoms with Gasteiger partial charge in [-0.15, -0.1) is 0 Å². The molecule has 1 unspecified atom stereocenters. The first-order chi connectivity index (χ1) is 6.74. The molecule has 0 saturated heterocycles. The average Bonchev–Trinajstić information content (AvgIpc) is 2.20. The van der Waals surface area contributed by atoms with Gasteiger partial charge in [-0.05, 0) is 19.2 Å². The van der Waals surface area contributed by atoms with Crippen molar-refractivity contribution in [2.75, 3.05) is 7.05 Å². The summed E-state index contributed by atoms with van der Waals surface area (Å²) in [5, 5.41) is 2.45. The molecule has 1 nitrogen and oxygen atoms in total. The summed E-state index contributed by atoms with van der Waals surface area (Å²) in [6.07, 6.45) is -2.46. The van der Waals surface area contributed by atoms with E-state index in [9.17, 15) is 8.78 Å². The Morgan fingerprint density at radius 2 is 1.86 bits per heavy atom. The molecule has 14 heavy (non-hydrogen) atoms. The quantitative estimate of drug-likeness (QED) is 0.710. The number of halogens is 2. The standard InChI is InChI=1S/C11H11F2N/c1-14-10(11(12)13)8-7-9-5-3-2-4-6-9/h2-6,10-11,14H,1H3. The minimum absolute atomic E-state index is 0.744. The zero-order chi connectivity index (χ0) is 10.4. The fourth-order valence-corrected chi connectivity index (χ4v) is 0.944. The van der Waals surface area contributed by atoms with E-state index < -0.39 is 12.5 Å². The molecule has 0 aliphatic heterocycles. The molecule has 74 valence electrons. The van der Waals surface area contributed by atoms with Crippen molar-refractivity contribution in [3.05, 3.63) is 35.9 Å². The molecule has 3 heteroatoms. The van der Waals surface area contributed by atoms with Crippen LogP contribution < -0.4 is 5.32 Å². The van der Waals surface area contributed by atoms with Crippen LogP contribution in [0.3, 0.4) is 0 Å². The molecule has 0 heterocycles. The number of rotatable bonds is 2. The van der Waals surface area contributed by atoms with Crippen molar-refractivity contribution in [1.82, 2.24) is 5.32 Å². The maximum Gasteiger partial charge on any atom is 0.264 e. The Kier molecular flexibility index (Phi) is 4.09. The molecule has 0 aliphatic carbocycles. The van der Waals surface area contributed by atoms with Crippen molar-refractivity contribution < 1.29 is 8.78 Å².